The molecule has 0 spiro atoms. The first-order valence-corrected chi connectivity index (χ1v) is 7.17. The number of ketones is 1. The molecule has 0 atom stereocenters. The Morgan fingerprint density at radius 3 is 2.40 bits per heavy atom. The fourth-order valence-electron chi connectivity index (χ4n) is 2.60. The second kappa shape index (κ2) is 6.48. The topological polar surface area (TPSA) is 41.6 Å². The van der Waals surface area contributed by atoms with Gasteiger partial charge in [0.1, 0.15) is 0 Å². The minimum absolute atomic E-state index is 0.176. The molecule has 2 rings (SSSR count). The van der Waals surface area contributed by atoms with Gasteiger partial charge in [-0.1, -0.05) is 24.3 Å². The summed E-state index contributed by atoms with van der Waals surface area (Å²) in [6, 6.07) is 7.88. The van der Waals surface area contributed by atoms with Gasteiger partial charge in [-0.2, -0.15) is 0 Å². The summed E-state index contributed by atoms with van der Waals surface area (Å²) in [4.78, 5) is 14.9. The summed E-state index contributed by atoms with van der Waals surface area (Å²) in [5, 5.41) is 3.11. The largest absolute Gasteiger partial charge is 0.379 e. The van der Waals surface area contributed by atoms with E-state index >= 15 is 0 Å². The highest BCUT2D eigenvalue weighted by molar-refractivity contribution is 6.02. The van der Waals surface area contributed by atoms with Crippen molar-refractivity contribution in [3.63, 3.8) is 0 Å². The lowest BCUT2D eigenvalue weighted by molar-refractivity contribution is -0.00429. The first-order valence-electron chi connectivity index (χ1n) is 7.17. The SMILES string of the molecule is CNCc1ccc(C(=O)C(C)(C)N2CCOCC2)cc1. The molecule has 1 fully saturated rings. The number of Topliss-reactive ketones (excluding diaryl/α,β-unsaturated/α-hetero) is 1. The third kappa shape index (κ3) is 3.26. The van der Waals surface area contributed by atoms with E-state index in [2.05, 4.69) is 10.2 Å². The van der Waals surface area contributed by atoms with Crippen molar-refractivity contribution in [3.05, 3.63) is 35.4 Å². The Morgan fingerprint density at radius 2 is 1.85 bits per heavy atom. The third-order valence-corrected chi connectivity index (χ3v) is 3.95. The van der Waals surface area contributed by atoms with E-state index in [9.17, 15) is 4.79 Å². The molecule has 1 aliphatic rings. The van der Waals surface area contributed by atoms with E-state index in [0.717, 1.165) is 25.2 Å². The van der Waals surface area contributed by atoms with Crippen LogP contribution in [0.1, 0.15) is 29.8 Å². The van der Waals surface area contributed by atoms with Gasteiger partial charge >= 0.3 is 0 Å². The van der Waals surface area contributed by atoms with Crippen LogP contribution in [0, 0.1) is 0 Å². The molecule has 1 aliphatic heterocycles. The number of ether oxygens (including phenoxy) is 1. The van der Waals surface area contributed by atoms with Crippen molar-refractivity contribution in [2.45, 2.75) is 25.9 Å². The standard InChI is InChI=1S/C16H24N2O2/c1-16(2,18-8-10-20-11-9-18)15(19)14-6-4-13(5-7-14)12-17-3/h4-7,17H,8-12H2,1-3H3. The number of hydrogen-bond acceptors (Lipinski definition) is 4. The zero-order chi connectivity index (χ0) is 14.6. The summed E-state index contributed by atoms with van der Waals surface area (Å²) in [6.07, 6.45) is 0. The molecule has 1 N–H and O–H groups in total. The summed E-state index contributed by atoms with van der Waals surface area (Å²) in [5.74, 6) is 0.176. The van der Waals surface area contributed by atoms with Crippen molar-refractivity contribution in [2.24, 2.45) is 0 Å². The van der Waals surface area contributed by atoms with Gasteiger partial charge in [-0.25, -0.2) is 0 Å². The van der Waals surface area contributed by atoms with Crippen LogP contribution in [0.4, 0.5) is 0 Å². The molecular weight excluding hydrogens is 252 g/mol. The lowest BCUT2D eigenvalue weighted by Gasteiger charge is -2.39. The van der Waals surface area contributed by atoms with Crippen LogP contribution in [0.15, 0.2) is 24.3 Å². The molecule has 0 aliphatic carbocycles. The van der Waals surface area contributed by atoms with Gasteiger partial charge in [0.15, 0.2) is 5.78 Å². The number of hydrogen-bond donors (Lipinski definition) is 1. The summed E-state index contributed by atoms with van der Waals surface area (Å²) >= 11 is 0. The molecule has 4 nitrogen and oxygen atoms in total. The average Bonchev–Trinajstić information content (AvgIpc) is 2.48. The summed E-state index contributed by atoms with van der Waals surface area (Å²) in [6.45, 7) is 7.87. The van der Waals surface area contributed by atoms with Crippen LogP contribution in [0.25, 0.3) is 0 Å². The van der Waals surface area contributed by atoms with Gasteiger partial charge in [-0.05, 0) is 26.5 Å². The minimum atomic E-state index is -0.478. The Labute approximate surface area is 121 Å². The maximum absolute atomic E-state index is 12.7. The molecule has 1 saturated heterocycles. The number of nitrogens with one attached hydrogen (secondary N) is 1. The smallest absolute Gasteiger partial charge is 0.182 e. The first-order chi connectivity index (χ1) is 9.55. The Kier molecular flexibility index (Phi) is 4.91. The van der Waals surface area contributed by atoms with Crippen molar-refractivity contribution in [3.8, 4) is 0 Å². The van der Waals surface area contributed by atoms with Crippen molar-refractivity contribution in [1.29, 1.82) is 0 Å². The quantitative estimate of drug-likeness (QED) is 0.831. The van der Waals surface area contributed by atoms with Crippen LogP contribution in [0.5, 0.6) is 0 Å². The summed E-state index contributed by atoms with van der Waals surface area (Å²) in [5.41, 5.74) is 1.49. The summed E-state index contributed by atoms with van der Waals surface area (Å²) < 4.78 is 5.36. The number of morpholine rings is 1. The number of carbonyl (C=O) groups excluding carboxylic acids is 1. The Bertz CT molecular complexity index is 448. The summed E-state index contributed by atoms with van der Waals surface area (Å²) in [7, 11) is 1.92. The molecule has 4 heteroatoms. The third-order valence-electron chi connectivity index (χ3n) is 3.95. The van der Waals surface area contributed by atoms with Crippen LogP contribution in [-0.2, 0) is 11.3 Å². The van der Waals surface area contributed by atoms with E-state index in [1.165, 1.54) is 5.56 Å². The first kappa shape index (κ1) is 15.2. The van der Waals surface area contributed by atoms with E-state index in [-0.39, 0.29) is 5.78 Å². The molecule has 0 unspecified atom stereocenters. The zero-order valence-corrected chi connectivity index (χ0v) is 12.6. The maximum Gasteiger partial charge on any atom is 0.182 e. The maximum atomic E-state index is 12.7. The number of rotatable bonds is 5. The van der Waals surface area contributed by atoms with Gasteiger partial charge in [-0.3, -0.25) is 9.69 Å². The van der Waals surface area contributed by atoms with Crippen molar-refractivity contribution in [2.75, 3.05) is 33.4 Å². The van der Waals surface area contributed by atoms with Crippen LogP contribution in [-0.4, -0.2) is 49.6 Å². The number of nitrogens with zero attached hydrogens (tertiary/aromatic N) is 1. The van der Waals surface area contributed by atoms with Crippen LogP contribution < -0.4 is 5.32 Å². The molecule has 1 aromatic carbocycles. The highest BCUT2D eigenvalue weighted by Crippen LogP contribution is 2.22. The fraction of sp³-hybridized carbons (Fsp3) is 0.562. The Balaban J connectivity index is 2.12. The molecule has 0 amide bonds. The Morgan fingerprint density at radius 1 is 1.25 bits per heavy atom. The lowest BCUT2D eigenvalue weighted by Crippen LogP contribution is -2.54. The predicted octanol–water partition coefficient (Wildman–Crippen LogP) is 1.70. The number of carbonyl (C=O) groups is 1. The Hall–Kier alpha value is -1.23. The predicted molar refractivity (Wildman–Crippen MR) is 80.0 cm³/mol. The van der Waals surface area contributed by atoms with E-state index in [1.807, 2.05) is 45.2 Å². The van der Waals surface area contributed by atoms with E-state index < -0.39 is 5.54 Å². The van der Waals surface area contributed by atoms with Gasteiger partial charge in [0.2, 0.25) is 0 Å². The lowest BCUT2D eigenvalue weighted by atomic mass is 9.90. The fourth-order valence-corrected chi connectivity index (χ4v) is 2.60. The molecular formula is C16H24N2O2. The van der Waals surface area contributed by atoms with E-state index in [0.29, 0.717) is 13.2 Å². The second-order valence-electron chi connectivity index (χ2n) is 5.71. The van der Waals surface area contributed by atoms with Gasteiger partial charge < -0.3 is 10.1 Å². The average molecular weight is 276 g/mol. The molecule has 1 heterocycles. The molecule has 0 aromatic heterocycles. The minimum Gasteiger partial charge on any atom is -0.379 e. The van der Waals surface area contributed by atoms with Crippen molar-refractivity contribution in [1.82, 2.24) is 10.2 Å². The van der Waals surface area contributed by atoms with E-state index in [4.69, 9.17) is 4.74 Å². The van der Waals surface area contributed by atoms with Crippen LogP contribution in [0.3, 0.4) is 0 Å². The van der Waals surface area contributed by atoms with Gasteiger partial charge in [0, 0.05) is 25.2 Å². The molecule has 0 bridgehead atoms. The zero-order valence-electron chi connectivity index (χ0n) is 12.6. The van der Waals surface area contributed by atoms with Gasteiger partial charge in [0.05, 0.1) is 18.8 Å². The molecule has 0 saturated carbocycles. The molecule has 20 heavy (non-hydrogen) atoms. The number of benzene rings is 1. The van der Waals surface area contributed by atoms with Gasteiger partial charge in [-0.15, -0.1) is 0 Å². The highest BCUT2D eigenvalue weighted by atomic mass is 16.5. The highest BCUT2D eigenvalue weighted by Gasteiger charge is 2.35. The van der Waals surface area contributed by atoms with Crippen LogP contribution >= 0.6 is 0 Å². The molecule has 1 aromatic rings. The monoisotopic (exact) mass is 276 g/mol. The second-order valence-corrected chi connectivity index (χ2v) is 5.71. The van der Waals surface area contributed by atoms with Crippen molar-refractivity contribution >= 4 is 5.78 Å². The van der Waals surface area contributed by atoms with Crippen LogP contribution in [0.2, 0.25) is 0 Å². The van der Waals surface area contributed by atoms with E-state index in [1.54, 1.807) is 0 Å². The normalized spacial score (nSPS) is 17.1. The molecule has 110 valence electrons. The molecule has 0 radical (unpaired) electrons. The van der Waals surface area contributed by atoms with Crippen molar-refractivity contribution < 1.29 is 9.53 Å². The van der Waals surface area contributed by atoms with Gasteiger partial charge in [0.25, 0.3) is 0 Å².